The largest absolute Gasteiger partial charge is 0.465 e. The van der Waals surface area contributed by atoms with Crippen LogP contribution >= 0.6 is 11.3 Å². The summed E-state index contributed by atoms with van der Waals surface area (Å²) in [6.45, 7) is 0. The number of aryl methyl sites for hydroxylation is 1. The highest BCUT2D eigenvalue weighted by atomic mass is 35.7. The molecule has 1 heterocycles. The van der Waals surface area contributed by atoms with Crippen LogP contribution in [0.25, 0.3) is 10.2 Å². The van der Waals surface area contributed by atoms with Crippen molar-refractivity contribution in [2.24, 2.45) is 12.2 Å². The summed E-state index contributed by atoms with van der Waals surface area (Å²) in [5.74, 6) is 0. The van der Waals surface area contributed by atoms with Gasteiger partial charge in [0.2, 0.25) is 0 Å². The van der Waals surface area contributed by atoms with Crippen LogP contribution in [0.4, 0.5) is 5.69 Å². The summed E-state index contributed by atoms with van der Waals surface area (Å²) in [5, 5.41) is 4.25. The smallest absolute Gasteiger partial charge is 0.222 e. The van der Waals surface area contributed by atoms with E-state index in [1.54, 1.807) is 11.3 Å². The second-order valence-electron chi connectivity index (χ2n) is 4.32. The standard InChI is InChI=1S/C14H12N3S.ClHO4/c1-17-12-9-5-6-10-13(12)18-14(17)16-15-11-7-3-2-4-8-11;2-1(3,4)5/h2-10H,1H3;(H,2,3,4,5)/q+1;/p-1. The van der Waals surface area contributed by atoms with Crippen molar-refractivity contribution >= 4 is 27.2 Å². The Labute approximate surface area is 137 Å². The summed E-state index contributed by atoms with van der Waals surface area (Å²) >= 11 is 1.65. The maximum atomic E-state index is 8.49. The number of para-hydroxylation sites is 1. The van der Waals surface area contributed by atoms with Crippen molar-refractivity contribution in [3.8, 4) is 0 Å². The first-order valence-corrected chi connectivity index (χ1v) is 8.36. The van der Waals surface area contributed by atoms with E-state index in [1.165, 1.54) is 10.2 Å². The Hall–Kier alpha value is -2.03. The number of halogens is 1. The van der Waals surface area contributed by atoms with Crippen LogP contribution < -0.4 is 23.4 Å². The predicted molar refractivity (Wildman–Crippen MR) is 72.7 cm³/mol. The Morgan fingerprint density at radius 3 is 2.13 bits per heavy atom. The summed E-state index contributed by atoms with van der Waals surface area (Å²) in [4.78, 5) is 5.22. The van der Waals surface area contributed by atoms with Crippen LogP contribution in [0, 0.1) is 10.2 Å². The van der Waals surface area contributed by atoms with E-state index in [0.29, 0.717) is 0 Å². The lowest BCUT2D eigenvalue weighted by atomic mass is 10.3. The number of rotatable bonds is 1. The van der Waals surface area contributed by atoms with Crippen LogP contribution in [0.1, 0.15) is 0 Å². The quantitative estimate of drug-likeness (QED) is 0.385. The Morgan fingerprint density at radius 1 is 0.957 bits per heavy atom. The van der Waals surface area contributed by atoms with Crippen molar-refractivity contribution in [3.05, 3.63) is 59.4 Å². The highest BCUT2D eigenvalue weighted by Crippen LogP contribution is 2.14. The third-order valence-electron chi connectivity index (χ3n) is 2.72. The number of thiazole rings is 1. The van der Waals surface area contributed by atoms with Gasteiger partial charge in [-0.3, -0.25) is 0 Å². The second kappa shape index (κ2) is 7.49. The molecule has 0 saturated heterocycles. The predicted octanol–water partition coefficient (Wildman–Crippen LogP) is -1.62. The Kier molecular flexibility index (Phi) is 5.64. The third kappa shape index (κ3) is 5.59. The fourth-order valence-corrected chi connectivity index (χ4v) is 2.74. The molecular formula is C14H12ClN3O4S. The van der Waals surface area contributed by atoms with Crippen LogP contribution in [0.15, 0.2) is 59.7 Å². The SMILES string of the molecule is Cn1c(=[N+]=Nc2ccccc2)sc2ccccc21.[O-][Cl+3]([O-])([O-])[O-]. The Morgan fingerprint density at radius 2 is 1.52 bits per heavy atom. The lowest BCUT2D eigenvalue weighted by Gasteiger charge is -2.17. The maximum Gasteiger partial charge on any atom is 0.465 e. The summed E-state index contributed by atoms with van der Waals surface area (Å²) in [5.41, 5.74) is 2.06. The number of benzene rings is 2. The molecule has 0 bridgehead atoms. The Bertz CT molecular complexity index is 874. The van der Waals surface area contributed by atoms with Crippen molar-refractivity contribution in [3.63, 3.8) is 0 Å². The van der Waals surface area contributed by atoms with E-state index < -0.39 is 10.2 Å². The topological polar surface area (TPSA) is 124 Å². The average Bonchev–Trinajstić information content (AvgIpc) is 2.82. The van der Waals surface area contributed by atoms with Gasteiger partial charge in [-0.25, -0.2) is 23.2 Å². The van der Waals surface area contributed by atoms with E-state index >= 15 is 0 Å². The highest BCUT2D eigenvalue weighted by Gasteiger charge is 2.09. The first-order chi connectivity index (χ1) is 10.8. The van der Waals surface area contributed by atoms with Gasteiger partial charge in [-0.15, -0.1) is 10.2 Å². The summed E-state index contributed by atoms with van der Waals surface area (Å²) in [6, 6.07) is 18.0. The van der Waals surface area contributed by atoms with Crippen LogP contribution in [0.5, 0.6) is 0 Å². The van der Waals surface area contributed by atoms with Gasteiger partial charge >= 0.3 is 4.80 Å². The molecule has 0 N–H and O–H groups in total. The molecule has 0 aliphatic rings. The summed E-state index contributed by atoms with van der Waals surface area (Å²) < 4.78 is 37.3. The molecule has 9 heteroatoms. The van der Waals surface area contributed by atoms with Gasteiger partial charge in [-0.05, 0) is 35.6 Å². The molecule has 1 aromatic heterocycles. The first-order valence-electron chi connectivity index (χ1n) is 6.31. The maximum absolute atomic E-state index is 8.49. The second-order valence-corrected chi connectivity index (χ2v) is 6.09. The average molecular weight is 354 g/mol. The zero-order chi connectivity index (χ0) is 16.9. The minimum absolute atomic E-state index is 0.870. The fourth-order valence-electron chi connectivity index (χ4n) is 1.77. The molecule has 0 radical (unpaired) electrons. The van der Waals surface area contributed by atoms with Gasteiger partial charge in [0.05, 0.1) is 11.7 Å². The van der Waals surface area contributed by atoms with E-state index in [-0.39, 0.29) is 0 Å². The molecule has 0 saturated carbocycles. The molecule has 0 aliphatic heterocycles. The van der Waals surface area contributed by atoms with Crippen molar-refractivity contribution in [2.75, 3.05) is 0 Å². The van der Waals surface area contributed by atoms with Gasteiger partial charge in [-0.1, -0.05) is 35.1 Å². The van der Waals surface area contributed by atoms with Crippen molar-refractivity contribution in [1.29, 1.82) is 0 Å². The van der Waals surface area contributed by atoms with Crippen molar-refractivity contribution in [2.45, 2.75) is 0 Å². The molecule has 0 spiro atoms. The minimum Gasteiger partial charge on any atom is -0.222 e. The highest BCUT2D eigenvalue weighted by molar-refractivity contribution is 7.16. The fraction of sp³-hybridized carbons (Fsp3) is 0.0714. The van der Waals surface area contributed by atoms with Crippen molar-refractivity contribution < 1.29 is 33.7 Å². The van der Waals surface area contributed by atoms with E-state index in [0.717, 1.165) is 10.5 Å². The number of hydrogen-bond acceptors (Lipinski definition) is 6. The van der Waals surface area contributed by atoms with Crippen LogP contribution in [-0.2, 0) is 7.05 Å². The zero-order valence-corrected chi connectivity index (χ0v) is 13.5. The molecule has 0 amide bonds. The molecule has 7 nitrogen and oxygen atoms in total. The molecule has 0 aliphatic carbocycles. The minimum atomic E-state index is -4.94. The summed E-state index contributed by atoms with van der Waals surface area (Å²) in [6.07, 6.45) is 0. The number of aromatic nitrogens is 1. The normalized spacial score (nSPS) is 10.7. The molecule has 3 rings (SSSR count). The molecule has 0 atom stereocenters. The molecule has 0 unspecified atom stereocenters. The van der Waals surface area contributed by atoms with Gasteiger partial charge in [0.25, 0.3) is 0 Å². The molecular weight excluding hydrogens is 342 g/mol. The van der Waals surface area contributed by atoms with Crippen molar-refractivity contribution in [1.82, 2.24) is 4.57 Å². The molecule has 120 valence electrons. The van der Waals surface area contributed by atoms with Gasteiger partial charge in [0.1, 0.15) is 11.2 Å². The lowest BCUT2D eigenvalue weighted by molar-refractivity contribution is -2.00. The van der Waals surface area contributed by atoms with Gasteiger partial charge in [0.15, 0.2) is 0 Å². The first kappa shape index (κ1) is 17.3. The van der Waals surface area contributed by atoms with Crippen LogP contribution in [-0.4, -0.2) is 9.36 Å². The zero-order valence-electron chi connectivity index (χ0n) is 12.0. The van der Waals surface area contributed by atoms with E-state index in [9.17, 15) is 0 Å². The number of hydrogen-bond donors (Lipinski definition) is 0. The van der Waals surface area contributed by atoms with Crippen LogP contribution in [0.3, 0.4) is 0 Å². The third-order valence-corrected chi connectivity index (χ3v) is 3.83. The number of fused-ring (bicyclic) bond motifs is 1. The lowest BCUT2D eigenvalue weighted by Crippen LogP contribution is -2.68. The van der Waals surface area contributed by atoms with Gasteiger partial charge < -0.3 is 0 Å². The molecule has 0 fully saturated rings. The van der Waals surface area contributed by atoms with Crippen LogP contribution in [0.2, 0.25) is 0 Å². The molecule has 3 aromatic rings. The monoisotopic (exact) mass is 353 g/mol. The molecule has 23 heavy (non-hydrogen) atoms. The van der Waals surface area contributed by atoms with E-state index in [1.807, 2.05) is 49.5 Å². The number of nitrogens with zero attached hydrogens (tertiary/aromatic N) is 3. The van der Waals surface area contributed by atoms with Gasteiger partial charge in [0, 0.05) is 5.11 Å². The summed E-state index contributed by atoms with van der Waals surface area (Å²) in [7, 11) is -2.93. The van der Waals surface area contributed by atoms with E-state index in [4.69, 9.17) is 18.6 Å². The van der Waals surface area contributed by atoms with E-state index in [2.05, 4.69) is 26.6 Å². The molecule has 2 aromatic carbocycles. The Balaban J connectivity index is 0.000000338. The van der Waals surface area contributed by atoms with Gasteiger partial charge in [-0.2, -0.15) is 0 Å².